The zero-order valence-corrected chi connectivity index (χ0v) is 15.3. The molecule has 0 saturated carbocycles. The Morgan fingerprint density at radius 1 is 0.696 bits per heavy atom. The summed E-state index contributed by atoms with van der Waals surface area (Å²) in [6, 6.07) is 27.3. The van der Waals surface area contributed by atoms with Crippen LogP contribution in [0.2, 0.25) is 0 Å². The van der Waals surface area contributed by atoms with Gasteiger partial charge in [0.1, 0.15) is 0 Å². The van der Waals surface area contributed by atoms with Crippen LogP contribution in [0.1, 0.15) is 0 Å². The van der Waals surface area contributed by atoms with Crippen molar-refractivity contribution in [3.8, 4) is 0 Å². The Labute approximate surface area is 143 Å². The molecule has 118 valence electrons. The molecule has 0 atom stereocenters. The van der Waals surface area contributed by atoms with Crippen LogP contribution in [0.15, 0.2) is 91.0 Å². The van der Waals surface area contributed by atoms with Crippen LogP contribution in [0.4, 0.5) is 0 Å². The summed E-state index contributed by atoms with van der Waals surface area (Å²) >= 11 is -2.98. The van der Waals surface area contributed by atoms with E-state index in [-0.39, 0.29) is 0 Å². The summed E-state index contributed by atoms with van der Waals surface area (Å²) in [6.45, 7) is 0. The van der Waals surface area contributed by atoms with Gasteiger partial charge in [-0.25, -0.2) is 0 Å². The molecule has 3 aromatic rings. The Hall–Kier alpha value is -1.46. The molecule has 3 rings (SSSR count). The van der Waals surface area contributed by atoms with Crippen molar-refractivity contribution in [2.45, 2.75) is 0 Å². The van der Waals surface area contributed by atoms with Gasteiger partial charge in [0.2, 0.25) is 0 Å². The Bertz CT molecular complexity index is 751. The van der Waals surface area contributed by atoms with Gasteiger partial charge >= 0.3 is 144 Å². The van der Waals surface area contributed by atoms with Gasteiger partial charge in [0, 0.05) is 0 Å². The average molecular weight is 438 g/mol. The zero-order valence-electron chi connectivity index (χ0n) is 12.2. The second kappa shape index (κ2) is 7.41. The van der Waals surface area contributed by atoms with Crippen molar-refractivity contribution < 1.29 is 10.9 Å². The van der Waals surface area contributed by atoms with Crippen LogP contribution in [0.25, 0.3) is 0 Å². The van der Waals surface area contributed by atoms with Crippen LogP contribution in [0, 0.1) is 3.57 Å². The van der Waals surface area contributed by atoms with E-state index in [0.717, 1.165) is 3.57 Å². The van der Waals surface area contributed by atoms with Crippen molar-refractivity contribution in [2.75, 3.05) is 0 Å². The molecule has 5 heteroatoms. The molecule has 1 N–H and O–H groups in total. The molecule has 0 unspecified atom stereocenters. The van der Waals surface area contributed by atoms with Crippen molar-refractivity contribution >= 4 is 38.6 Å². The monoisotopic (exact) mass is 438 g/mol. The quantitative estimate of drug-likeness (QED) is 0.482. The fourth-order valence-corrected chi connectivity index (χ4v) is 8.64. The average Bonchev–Trinajstić information content (AvgIpc) is 2.64. The first-order chi connectivity index (χ1) is 11.2. The SMILES string of the molecule is O=P(OI(O)c1ccccc1)(c1ccccc1)c1ccccc1. The minimum absolute atomic E-state index is 0.596. The summed E-state index contributed by atoms with van der Waals surface area (Å²) in [5.74, 6) is 0. The molecule has 0 radical (unpaired) electrons. The second-order valence-electron chi connectivity index (χ2n) is 4.82. The third kappa shape index (κ3) is 3.72. The zero-order chi connectivity index (χ0) is 16.1. The first kappa shape index (κ1) is 16.4. The second-order valence-corrected chi connectivity index (χ2v) is 10.8. The summed E-state index contributed by atoms with van der Waals surface area (Å²) in [5.41, 5.74) is 0. The molecular weight excluding hydrogens is 422 g/mol. The molecule has 0 amide bonds. The molecule has 0 heterocycles. The summed E-state index contributed by atoms with van der Waals surface area (Å²) in [6.07, 6.45) is 0. The number of hydrogen-bond donors (Lipinski definition) is 1. The van der Waals surface area contributed by atoms with Gasteiger partial charge in [-0.05, 0) is 0 Å². The molecule has 0 aliphatic carbocycles. The summed E-state index contributed by atoms with van der Waals surface area (Å²) in [5, 5.41) is 1.19. The van der Waals surface area contributed by atoms with Crippen molar-refractivity contribution in [1.29, 1.82) is 0 Å². The Balaban J connectivity index is 2.02. The summed E-state index contributed by atoms with van der Waals surface area (Å²) in [4.78, 5) is 0. The molecule has 0 saturated heterocycles. The Morgan fingerprint density at radius 3 is 1.52 bits per heavy atom. The van der Waals surface area contributed by atoms with Crippen molar-refractivity contribution in [1.82, 2.24) is 0 Å². The van der Waals surface area contributed by atoms with Gasteiger partial charge in [0.05, 0.1) is 0 Å². The molecule has 3 nitrogen and oxygen atoms in total. The number of halogens is 1. The van der Waals surface area contributed by atoms with Gasteiger partial charge in [-0.3, -0.25) is 0 Å². The molecular formula is C18H16IO3P. The summed E-state index contributed by atoms with van der Waals surface area (Å²) < 4.78 is 30.8. The third-order valence-corrected chi connectivity index (χ3v) is 10.1. The van der Waals surface area contributed by atoms with E-state index in [9.17, 15) is 8.00 Å². The van der Waals surface area contributed by atoms with E-state index in [1.807, 2.05) is 66.7 Å². The summed E-state index contributed by atoms with van der Waals surface area (Å²) in [7, 11) is -3.33. The molecule has 23 heavy (non-hydrogen) atoms. The molecule has 0 aliphatic heterocycles. The van der Waals surface area contributed by atoms with Gasteiger partial charge < -0.3 is 0 Å². The van der Waals surface area contributed by atoms with Crippen LogP contribution in [-0.2, 0) is 7.42 Å². The molecule has 0 aliphatic rings. The van der Waals surface area contributed by atoms with Crippen molar-refractivity contribution in [2.24, 2.45) is 0 Å². The van der Waals surface area contributed by atoms with E-state index in [0.29, 0.717) is 10.6 Å². The van der Waals surface area contributed by atoms with E-state index < -0.39 is 28.0 Å². The fraction of sp³-hybridized carbons (Fsp3) is 0. The number of rotatable bonds is 5. The third-order valence-electron chi connectivity index (χ3n) is 3.27. The van der Waals surface area contributed by atoms with Crippen LogP contribution >= 0.6 is 28.0 Å². The maximum atomic E-state index is 13.7. The Morgan fingerprint density at radius 2 is 1.09 bits per heavy atom. The predicted molar refractivity (Wildman–Crippen MR) is 102 cm³/mol. The van der Waals surface area contributed by atoms with Crippen LogP contribution in [-0.4, -0.2) is 3.44 Å². The number of hydrogen-bond acceptors (Lipinski definition) is 3. The maximum absolute atomic E-state index is 13.7. The normalized spacial score (nSPS) is 12.0. The van der Waals surface area contributed by atoms with Gasteiger partial charge in [-0.15, -0.1) is 0 Å². The van der Waals surface area contributed by atoms with Gasteiger partial charge in [-0.1, -0.05) is 0 Å². The van der Waals surface area contributed by atoms with Crippen LogP contribution in [0.5, 0.6) is 0 Å². The molecule has 3 aromatic carbocycles. The first-order valence-electron chi connectivity index (χ1n) is 7.06. The molecule has 0 fully saturated rings. The standard InChI is InChI=1S/C18H16IO3P/c20-19(16-10-4-1-5-11-16)22-23(21,17-12-6-2-7-13-17)18-14-8-3-9-15-18/h1-15,20H. The van der Waals surface area contributed by atoms with Gasteiger partial charge in [0.25, 0.3) is 0 Å². The minimum atomic E-state index is -3.33. The van der Waals surface area contributed by atoms with Crippen molar-refractivity contribution in [3.05, 3.63) is 94.6 Å². The van der Waals surface area contributed by atoms with E-state index in [1.165, 1.54) is 0 Å². The van der Waals surface area contributed by atoms with E-state index in [2.05, 4.69) is 0 Å². The predicted octanol–water partition coefficient (Wildman–Crippen LogP) is 4.13. The fourth-order valence-electron chi connectivity index (χ4n) is 2.13. The molecule has 0 aromatic heterocycles. The van der Waals surface area contributed by atoms with E-state index in [1.54, 1.807) is 24.3 Å². The molecule has 0 bridgehead atoms. The van der Waals surface area contributed by atoms with Gasteiger partial charge in [-0.2, -0.15) is 0 Å². The topological polar surface area (TPSA) is 46.5 Å². The molecule has 0 spiro atoms. The van der Waals surface area contributed by atoms with Crippen LogP contribution in [0.3, 0.4) is 0 Å². The van der Waals surface area contributed by atoms with E-state index >= 15 is 0 Å². The first-order valence-corrected chi connectivity index (χ1v) is 11.6. The Kier molecular flexibility index (Phi) is 5.28. The van der Waals surface area contributed by atoms with E-state index in [4.69, 9.17) is 2.85 Å². The van der Waals surface area contributed by atoms with Crippen molar-refractivity contribution in [3.63, 3.8) is 0 Å². The number of benzene rings is 3. The van der Waals surface area contributed by atoms with Crippen LogP contribution < -0.4 is 10.6 Å². The van der Waals surface area contributed by atoms with Gasteiger partial charge in [0.15, 0.2) is 0 Å².